The predicted octanol–water partition coefficient (Wildman–Crippen LogP) is 7.02. The molecule has 2 aliphatic rings. The Balaban J connectivity index is 2.15. The van der Waals surface area contributed by atoms with Crippen molar-refractivity contribution in [3.63, 3.8) is 0 Å². The Hall–Kier alpha value is -0.610. The van der Waals surface area contributed by atoms with Crippen molar-refractivity contribution in [2.45, 2.75) is 55.9 Å². The zero-order valence-corrected chi connectivity index (χ0v) is 14.1. The van der Waals surface area contributed by atoms with Gasteiger partial charge in [-0.25, -0.2) is 0 Å². The normalized spacial score (nSPS) is 28.9. The molecule has 1 aromatic rings. The Labute approximate surface area is 135 Å². The molecule has 0 radical (unpaired) electrons. The Bertz CT molecular complexity index is 602. The molecule has 1 aliphatic carbocycles. The van der Waals surface area contributed by atoms with Gasteiger partial charge >= 0.3 is 5.51 Å². The molecule has 1 aromatic carbocycles. The molecule has 0 bridgehead atoms. The van der Waals surface area contributed by atoms with Crippen molar-refractivity contribution in [1.82, 2.24) is 0 Å². The molecule has 3 rings (SSSR count). The fourth-order valence-corrected chi connectivity index (χ4v) is 7.07. The molecule has 22 heavy (non-hydrogen) atoms. The average molecular weight is 349 g/mol. The summed E-state index contributed by atoms with van der Waals surface area (Å²) in [7, 11) is 2.98. The van der Waals surface area contributed by atoms with E-state index < -0.39 is 14.7 Å². The molecule has 0 spiro atoms. The van der Waals surface area contributed by atoms with Crippen LogP contribution in [-0.4, -0.2) is 5.51 Å². The van der Waals surface area contributed by atoms with E-state index in [0.29, 0.717) is 9.80 Å². The number of aryl methyl sites for hydroxylation is 1. The summed E-state index contributed by atoms with van der Waals surface area (Å²) in [6.07, 6.45) is 7.29. The fraction of sp³-hybridized carbons (Fsp3) is 0.529. The molecular weight excluding hydrogens is 329 g/mol. The summed E-state index contributed by atoms with van der Waals surface area (Å²) in [4.78, 5) is 0.763. The molecule has 0 aromatic heterocycles. The summed E-state index contributed by atoms with van der Waals surface area (Å²) in [6, 6.07) is 5.20. The topological polar surface area (TPSA) is 0 Å². The van der Waals surface area contributed by atoms with Crippen molar-refractivity contribution in [3.05, 3.63) is 34.2 Å². The third-order valence-corrected chi connectivity index (χ3v) is 9.04. The highest BCUT2D eigenvalue weighted by Gasteiger charge is 2.57. The molecule has 122 valence electrons. The van der Waals surface area contributed by atoms with Gasteiger partial charge in [0.25, 0.3) is 0 Å². The summed E-state index contributed by atoms with van der Waals surface area (Å²) in [5.74, 6) is -0.0139. The van der Waals surface area contributed by atoms with Crippen LogP contribution in [0.2, 0.25) is 0 Å². The minimum Gasteiger partial charge on any atom is -0.160 e. The van der Waals surface area contributed by atoms with Crippen molar-refractivity contribution >= 4 is 26.0 Å². The van der Waals surface area contributed by atoms with E-state index in [-0.39, 0.29) is 5.92 Å². The third-order valence-electron chi connectivity index (χ3n) is 4.78. The van der Waals surface area contributed by atoms with E-state index in [9.17, 15) is 13.2 Å². The van der Waals surface area contributed by atoms with E-state index >= 15 is 0 Å². The highest BCUT2D eigenvalue weighted by Crippen LogP contribution is 2.81. The second-order valence-corrected chi connectivity index (χ2v) is 9.89. The van der Waals surface area contributed by atoms with Crippen LogP contribution in [0.25, 0.3) is 6.08 Å². The predicted molar refractivity (Wildman–Crippen MR) is 88.1 cm³/mol. The lowest BCUT2D eigenvalue weighted by Gasteiger charge is -2.38. The first-order valence-corrected chi connectivity index (χ1v) is 10.3. The monoisotopic (exact) mass is 348 g/mol. The number of hydrogen-bond donors (Lipinski definition) is 0. The molecule has 0 amide bonds. The summed E-state index contributed by atoms with van der Waals surface area (Å²) in [6.45, 7) is 1.97. The van der Waals surface area contributed by atoms with E-state index in [1.54, 1.807) is 18.2 Å². The second-order valence-electron chi connectivity index (χ2n) is 6.05. The highest BCUT2D eigenvalue weighted by molar-refractivity contribution is 8.54. The van der Waals surface area contributed by atoms with Crippen LogP contribution in [0.5, 0.6) is 0 Å². The molecule has 0 nitrogen and oxygen atoms in total. The van der Waals surface area contributed by atoms with E-state index in [0.717, 1.165) is 49.7 Å². The molecule has 1 atom stereocenters. The van der Waals surface area contributed by atoms with Gasteiger partial charge in [0.1, 0.15) is 0 Å². The Morgan fingerprint density at radius 3 is 2.45 bits per heavy atom. The third kappa shape index (κ3) is 2.39. The molecule has 1 heterocycles. The van der Waals surface area contributed by atoms with Gasteiger partial charge in [0, 0.05) is 4.90 Å². The minimum absolute atomic E-state index is 0.0139. The van der Waals surface area contributed by atoms with Crippen LogP contribution in [0.1, 0.15) is 50.2 Å². The molecule has 0 N–H and O–H groups in total. The Morgan fingerprint density at radius 2 is 1.86 bits per heavy atom. The lowest BCUT2D eigenvalue weighted by Crippen LogP contribution is -2.21. The largest absolute Gasteiger partial charge is 0.445 e. The number of alkyl halides is 3. The van der Waals surface area contributed by atoms with Crippen LogP contribution in [0.3, 0.4) is 0 Å². The van der Waals surface area contributed by atoms with Gasteiger partial charge in [0.15, 0.2) is 0 Å². The molecule has 1 unspecified atom stereocenters. The molecule has 0 saturated heterocycles. The summed E-state index contributed by atoms with van der Waals surface area (Å²) in [5, 5.41) is 0. The lowest BCUT2D eigenvalue weighted by atomic mass is 9.88. The van der Waals surface area contributed by atoms with Gasteiger partial charge in [0.2, 0.25) is 0 Å². The van der Waals surface area contributed by atoms with E-state index in [1.807, 2.05) is 13.0 Å². The quantitative estimate of drug-likeness (QED) is 0.538. The first-order chi connectivity index (χ1) is 10.4. The van der Waals surface area contributed by atoms with Gasteiger partial charge in [-0.3, -0.25) is 0 Å². The highest BCUT2D eigenvalue weighted by atomic mass is 35.7. The number of allylic oxidation sites excluding steroid dienone is 1. The van der Waals surface area contributed by atoms with Crippen LogP contribution >= 0.6 is 19.9 Å². The number of benzene rings is 1. The van der Waals surface area contributed by atoms with Crippen LogP contribution in [0.4, 0.5) is 13.2 Å². The maximum atomic E-state index is 13.9. The zero-order valence-electron chi connectivity index (χ0n) is 12.5. The average Bonchev–Trinajstić information content (AvgIpc) is 2.82. The molecule has 1 saturated carbocycles. The van der Waals surface area contributed by atoms with Gasteiger partial charge in [0.05, 0.1) is 0 Å². The van der Waals surface area contributed by atoms with Crippen molar-refractivity contribution in [2.75, 3.05) is 0 Å². The van der Waals surface area contributed by atoms with Crippen molar-refractivity contribution < 1.29 is 13.2 Å². The zero-order chi connectivity index (χ0) is 16.0. The van der Waals surface area contributed by atoms with Crippen LogP contribution in [0.15, 0.2) is 28.0 Å². The van der Waals surface area contributed by atoms with Crippen LogP contribution in [-0.2, 0) is 6.42 Å². The molecule has 5 heteroatoms. The Kier molecular flexibility index (Phi) is 4.28. The number of rotatable bonds is 2. The van der Waals surface area contributed by atoms with Gasteiger partial charge in [-0.15, -0.1) is 0 Å². The standard InChI is InChI=1S/C17H20ClF3S/c1-2-12-9-6-10-15-14(12)11-16(13-7-4-3-5-8-13)22(15,18)17(19,20)21/h6,9-11,13H,2-5,7-8H2,1H3. The second kappa shape index (κ2) is 5.79. The van der Waals surface area contributed by atoms with E-state index in [4.69, 9.17) is 10.7 Å². The van der Waals surface area contributed by atoms with Crippen molar-refractivity contribution in [3.8, 4) is 0 Å². The minimum atomic E-state index is -4.39. The van der Waals surface area contributed by atoms with Gasteiger partial charge in [-0.05, 0) is 73.3 Å². The van der Waals surface area contributed by atoms with Gasteiger partial charge in [-0.2, -0.15) is 13.2 Å². The summed E-state index contributed by atoms with van der Waals surface area (Å²) < 4.78 is 41.8. The molecule has 1 fully saturated rings. The first kappa shape index (κ1) is 16.3. The maximum Gasteiger partial charge on any atom is 0.445 e. The summed E-state index contributed by atoms with van der Waals surface area (Å²) in [5.41, 5.74) is -2.70. The smallest absolute Gasteiger partial charge is 0.160 e. The number of fused-ring (bicyclic) bond motifs is 1. The molecule has 1 aliphatic heterocycles. The van der Waals surface area contributed by atoms with Gasteiger partial charge in [-0.1, -0.05) is 38.3 Å². The van der Waals surface area contributed by atoms with E-state index in [1.165, 1.54) is 0 Å². The fourth-order valence-electron chi connectivity index (χ4n) is 3.65. The lowest BCUT2D eigenvalue weighted by molar-refractivity contribution is -0.0361. The van der Waals surface area contributed by atoms with Crippen LogP contribution < -0.4 is 0 Å². The first-order valence-electron chi connectivity index (χ1n) is 7.82. The van der Waals surface area contributed by atoms with Crippen molar-refractivity contribution in [1.29, 1.82) is 0 Å². The maximum absolute atomic E-state index is 13.9. The Morgan fingerprint density at radius 1 is 1.18 bits per heavy atom. The van der Waals surface area contributed by atoms with Crippen molar-refractivity contribution in [2.24, 2.45) is 5.92 Å². The summed E-state index contributed by atoms with van der Waals surface area (Å²) >= 11 is 0. The van der Waals surface area contributed by atoms with Crippen LogP contribution in [0, 0.1) is 5.92 Å². The van der Waals surface area contributed by atoms with E-state index in [2.05, 4.69) is 0 Å². The van der Waals surface area contributed by atoms with Gasteiger partial charge < -0.3 is 0 Å². The number of halogens is 4. The number of hydrogen-bond acceptors (Lipinski definition) is 0. The molecular formula is C17H20ClF3S. The SMILES string of the molecule is CCc1cccc2c1C=C(C1CCCCC1)S2(Cl)C(F)(F)F.